The second-order valence-electron chi connectivity index (χ2n) is 7.40. The third-order valence-electron chi connectivity index (χ3n) is 5.70. The van der Waals surface area contributed by atoms with Gasteiger partial charge in [-0.3, -0.25) is 4.31 Å². The first-order valence-corrected chi connectivity index (χ1v) is 11.2. The Morgan fingerprint density at radius 3 is 2.07 bits per heavy atom. The molecule has 144 valence electrons. The predicted octanol–water partition coefficient (Wildman–Crippen LogP) is 5.84. The highest BCUT2D eigenvalue weighted by molar-refractivity contribution is 7.92. The summed E-state index contributed by atoms with van der Waals surface area (Å²) in [6.45, 7) is 0. The van der Waals surface area contributed by atoms with Crippen molar-refractivity contribution in [2.45, 2.75) is 36.5 Å². The molecule has 3 nitrogen and oxygen atoms in total. The van der Waals surface area contributed by atoms with Gasteiger partial charge in [0, 0.05) is 7.05 Å². The maximum atomic E-state index is 12.8. The highest BCUT2D eigenvalue weighted by atomic mass is 32.2. The number of hydrogen-bond donors (Lipinski definition) is 0. The van der Waals surface area contributed by atoms with E-state index in [-0.39, 0.29) is 0 Å². The molecular formula is C24H25NO2S. The van der Waals surface area contributed by atoms with Gasteiger partial charge in [0.15, 0.2) is 0 Å². The van der Waals surface area contributed by atoms with Crippen molar-refractivity contribution >= 4 is 15.7 Å². The molecule has 4 rings (SSSR count). The summed E-state index contributed by atoms with van der Waals surface area (Å²) in [5.74, 6) is 0.636. The Kier molecular flexibility index (Phi) is 5.23. The van der Waals surface area contributed by atoms with Crippen LogP contribution >= 0.6 is 0 Å². The molecule has 1 fully saturated rings. The van der Waals surface area contributed by atoms with Crippen LogP contribution in [0.1, 0.15) is 37.2 Å². The van der Waals surface area contributed by atoms with Crippen molar-refractivity contribution in [2.75, 3.05) is 11.4 Å². The molecule has 1 saturated carbocycles. The predicted molar refractivity (Wildman–Crippen MR) is 115 cm³/mol. The SMILES string of the molecule is CN(c1ccc(-c2ccccc2C2CCCC2)cc1)S(=O)(=O)c1ccccc1. The van der Waals surface area contributed by atoms with Gasteiger partial charge in [0.1, 0.15) is 0 Å². The van der Waals surface area contributed by atoms with E-state index in [0.717, 1.165) is 5.56 Å². The minimum atomic E-state index is -3.56. The molecule has 0 atom stereocenters. The summed E-state index contributed by atoms with van der Waals surface area (Å²) in [5, 5.41) is 0. The van der Waals surface area contributed by atoms with Crippen molar-refractivity contribution in [3.8, 4) is 11.1 Å². The summed E-state index contributed by atoms with van der Waals surface area (Å²) in [6, 6.07) is 25.0. The zero-order chi connectivity index (χ0) is 19.6. The molecule has 1 aliphatic rings. The van der Waals surface area contributed by atoms with Gasteiger partial charge in [-0.2, -0.15) is 0 Å². The van der Waals surface area contributed by atoms with E-state index in [1.54, 1.807) is 31.3 Å². The molecule has 0 aromatic heterocycles. The van der Waals surface area contributed by atoms with E-state index in [1.807, 2.05) is 30.3 Å². The highest BCUT2D eigenvalue weighted by Gasteiger charge is 2.22. The molecule has 28 heavy (non-hydrogen) atoms. The van der Waals surface area contributed by atoms with Crippen molar-refractivity contribution in [1.82, 2.24) is 0 Å². The quantitative estimate of drug-likeness (QED) is 0.548. The Morgan fingerprint density at radius 1 is 0.786 bits per heavy atom. The van der Waals surface area contributed by atoms with Crippen LogP contribution in [0.2, 0.25) is 0 Å². The topological polar surface area (TPSA) is 37.4 Å². The summed E-state index contributed by atoms with van der Waals surface area (Å²) in [4.78, 5) is 0.299. The Labute approximate surface area is 167 Å². The van der Waals surface area contributed by atoms with Crippen molar-refractivity contribution in [3.05, 3.63) is 84.4 Å². The van der Waals surface area contributed by atoms with Crippen molar-refractivity contribution in [3.63, 3.8) is 0 Å². The standard InChI is InChI=1S/C24H25NO2S/c1-25(28(26,27)22-11-3-2-4-12-22)21-17-15-20(16-18-21)24-14-8-7-13-23(24)19-9-5-6-10-19/h2-4,7-8,11-19H,5-6,9-10H2,1H3. The van der Waals surface area contributed by atoms with E-state index < -0.39 is 10.0 Å². The smallest absolute Gasteiger partial charge is 0.264 e. The molecule has 0 aliphatic heterocycles. The number of anilines is 1. The van der Waals surface area contributed by atoms with Gasteiger partial charge in [-0.25, -0.2) is 8.42 Å². The van der Waals surface area contributed by atoms with E-state index >= 15 is 0 Å². The summed E-state index contributed by atoms with van der Waals surface area (Å²) in [5.41, 5.74) is 4.47. The van der Waals surface area contributed by atoms with Crippen LogP contribution in [0.3, 0.4) is 0 Å². The Hall–Kier alpha value is -2.59. The molecule has 0 N–H and O–H groups in total. The molecule has 0 bridgehead atoms. The largest absolute Gasteiger partial charge is 0.269 e. The fourth-order valence-corrected chi connectivity index (χ4v) is 5.31. The van der Waals surface area contributed by atoms with Crippen LogP contribution in [0.25, 0.3) is 11.1 Å². The molecule has 3 aromatic carbocycles. The van der Waals surface area contributed by atoms with Crippen LogP contribution in [0.4, 0.5) is 5.69 Å². The van der Waals surface area contributed by atoms with Crippen LogP contribution in [0, 0.1) is 0 Å². The van der Waals surface area contributed by atoms with Gasteiger partial charge in [-0.1, -0.05) is 67.4 Å². The second-order valence-corrected chi connectivity index (χ2v) is 9.37. The number of sulfonamides is 1. The third kappa shape index (κ3) is 3.57. The van der Waals surface area contributed by atoms with E-state index in [0.29, 0.717) is 16.5 Å². The van der Waals surface area contributed by atoms with Gasteiger partial charge in [-0.15, -0.1) is 0 Å². The lowest BCUT2D eigenvalue weighted by Gasteiger charge is -2.20. The number of hydrogen-bond acceptors (Lipinski definition) is 2. The van der Waals surface area contributed by atoms with Crippen molar-refractivity contribution in [1.29, 1.82) is 0 Å². The van der Waals surface area contributed by atoms with Gasteiger partial charge in [0.05, 0.1) is 10.6 Å². The highest BCUT2D eigenvalue weighted by Crippen LogP contribution is 2.39. The van der Waals surface area contributed by atoms with Crippen LogP contribution in [0.15, 0.2) is 83.8 Å². The zero-order valence-corrected chi connectivity index (χ0v) is 16.9. The van der Waals surface area contributed by atoms with E-state index in [1.165, 1.54) is 41.1 Å². The maximum absolute atomic E-state index is 12.8. The molecule has 1 aliphatic carbocycles. The average Bonchev–Trinajstić information content (AvgIpc) is 3.29. The zero-order valence-electron chi connectivity index (χ0n) is 16.1. The van der Waals surface area contributed by atoms with E-state index in [4.69, 9.17) is 0 Å². The second kappa shape index (κ2) is 7.80. The van der Waals surface area contributed by atoms with Crippen molar-refractivity contribution < 1.29 is 8.42 Å². The normalized spacial score (nSPS) is 14.9. The Bertz CT molecular complexity index is 1040. The first kappa shape index (κ1) is 18.8. The minimum absolute atomic E-state index is 0.299. The lowest BCUT2D eigenvalue weighted by molar-refractivity contribution is 0.594. The summed E-state index contributed by atoms with van der Waals surface area (Å²) in [6.07, 6.45) is 5.13. The first-order chi connectivity index (χ1) is 13.6. The van der Waals surface area contributed by atoms with E-state index in [2.05, 4.69) is 24.3 Å². The molecule has 0 unspecified atom stereocenters. The first-order valence-electron chi connectivity index (χ1n) is 9.81. The van der Waals surface area contributed by atoms with Gasteiger partial charge < -0.3 is 0 Å². The maximum Gasteiger partial charge on any atom is 0.264 e. The molecule has 0 spiro atoms. The molecule has 0 saturated heterocycles. The third-order valence-corrected chi connectivity index (χ3v) is 7.50. The van der Waals surface area contributed by atoms with Gasteiger partial charge in [-0.05, 0) is 59.7 Å². The fraction of sp³-hybridized carbons (Fsp3) is 0.250. The van der Waals surface area contributed by atoms with Gasteiger partial charge in [0.25, 0.3) is 10.0 Å². The van der Waals surface area contributed by atoms with Crippen LogP contribution < -0.4 is 4.31 Å². The summed E-state index contributed by atoms with van der Waals surface area (Å²) < 4.78 is 27.0. The van der Waals surface area contributed by atoms with Crippen LogP contribution in [0.5, 0.6) is 0 Å². The molecule has 0 heterocycles. The Balaban J connectivity index is 1.63. The Morgan fingerprint density at radius 2 is 1.39 bits per heavy atom. The lowest BCUT2D eigenvalue weighted by atomic mass is 9.89. The monoisotopic (exact) mass is 391 g/mol. The molecule has 4 heteroatoms. The molecular weight excluding hydrogens is 366 g/mol. The van der Waals surface area contributed by atoms with Gasteiger partial charge in [0.2, 0.25) is 0 Å². The van der Waals surface area contributed by atoms with Crippen LogP contribution in [-0.4, -0.2) is 15.5 Å². The molecule has 0 amide bonds. The number of rotatable bonds is 5. The number of benzene rings is 3. The van der Waals surface area contributed by atoms with Crippen LogP contribution in [-0.2, 0) is 10.0 Å². The summed E-state index contributed by atoms with van der Waals surface area (Å²) >= 11 is 0. The molecule has 0 radical (unpaired) electrons. The molecule has 3 aromatic rings. The van der Waals surface area contributed by atoms with Crippen molar-refractivity contribution in [2.24, 2.45) is 0 Å². The minimum Gasteiger partial charge on any atom is -0.269 e. The fourth-order valence-electron chi connectivity index (χ4n) is 4.09. The summed E-state index contributed by atoms with van der Waals surface area (Å²) in [7, 11) is -1.96. The number of nitrogens with zero attached hydrogens (tertiary/aromatic N) is 1. The lowest BCUT2D eigenvalue weighted by Crippen LogP contribution is -2.26. The van der Waals surface area contributed by atoms with Gasteiger partial charge >= 0.3 is 0 Å². The average molecular weight is 392 g/mol. The van der Waals surface area contributed by atoms with E-state index in [9.17, 15) is 8.42 Å².